The molecule has 1 rings (SSSR count). The van der Waals surface area contributed by atoms with Gasteiger partial charge in [-0.3, -0.25) is 0 Å². The molecule has 3 N–H and O–H groups in total. The van der Waals surface area contributed by atoms with Crippen molar-refractivity contribution in [3.8, 4) is 0 Å². The monoisotopic (exact) mass is 275 g/mol. The molecule has 68 valence electrons. The zero-order chi connectivity index (χ0) is 8.43. The third-order valence-corrected chi connectivity index (χ3v) is 4.76. The van der Waals surface area contributed by atoms with Crippen LogP contribution in [0.25, 0.3) is 0 Å². The molecule has 1 aliphatic rings. The second kappa shape index (κ2) is 3.99. The third-order valence-electron chi connectivity index (χ3n) is 1.66. The van der Waals surface area contributed by atoms with Gasteiger partial charge >= 0.3 is 75.2 Å². The summed E-state index contributed by atoms with van der Waals surface area (Å²) in [5.74, 6) is 0. The van der Waals surface area contributed by atoms with Gasteiger partial charge in [0.1, 0.15) is 0 Å². The van der Waals surface area contributed by atoms with Crippen LogP contribution in [-0.4, -0.2) is 42.9 Å². The van der Waals surface area contributed by atoms with Gasteiger partial charge in [-0.2, -0.15) is 0 Å². The van der Waals surface area contributed by atoms with E-state index in [1.54, 1.807) is 0 Å². The summed E-state index contributed by atoms with van der Waals surface area (Å²) in [7, 11) is 1.50. The molecule has 1 aliphatic heterocycles. The second-order valence-electron chi connectivity index (χ2n) is 2.45. The molecule has 0 aromatic heterocycles. The summed E-state index contributed by atoms with van der Waals surface area (Å²) in [5.41, 5.74) is 0. The molecular weight excluding hydrogens is 263 g/mol. The normalized spacial score (nSPS) is 46.5. The molecule has 0 bridgehead atoms. The number of alkyl halides is 2. The Morgan fingerprint density at radius 1 is 1.27 bits per heavy atom. The topological polar surface area (TPSA) is 69.9 Å². The molecule has 0 aromatic carbocycles. The summed E-state index contributed by atoms with van der Waals surface area (Å²) in [6.07, 6.45) is -0.671. The molecular formula is C6H12IO4-. The number of ether oxygens (including phenoxy) is 1. The van der Waals surface area contributed by atoms with Gasteiger partial charge in [0, 0.05) is 0 Å². The van der Waals surface area contributed by atoms with Gasteiger partial charge in [-0.1, -0.05) is 0 Å². The molecule has 0 radical (unpaired) electrons. The third kappa shape index (κ3) is 2.25. The first kappa shape index (κ1) is 9.66. The van der Waals surface area contributed by atoms with E-state index >= 15 is 0 Å². The van der Waals surface area contributed by atoms with Crippen LogP contribution in [0.5, 0.6) is 0 Å². The Kier molecular flexibility index (Phi) is 3.51. The summed E-state index contributed by atoms with van der Waals surface area (Å²) >= 11 is -0.762. The zero-order valence-electron chi connectivity index (χ0n) is 6.14. The van der Waals surface area contributed by atoms with Gasteiger partial charge in [-0.15, -0.1) is 0 Å². The molecule has 0 aromatic rings. The molecule has 5 heteroatoms. The number of aliphatic hydroxyl groups excluding tert-OH is 3. The fraction of sp³-hybridized carbons (Fsp3) is 1.00. The predicted octanol–water partition coefficient (Wildman–Crippen LogP) is -4.51. The number of aliphatic hydroxyl groups is 3. The fourth-order valence-electron chi connectivity index (χ4n) is 0.968. The first-order valence-corrected chi connectivity index (χ1v) is 5.83. The molecule has 1 saturated heterocycles. The second-order valence-corrected chi connectivity index (χ2v) is 5.72. The first-order chi connectivity index (χ1) is 5.15. The maximum atomic E-state index is 9.31. The van der Waals surface area contributed by atoms with Crippen LogP contribution in [0.3, 0.4) is 0 Å². The van der Waals surface area contributed by atoms with E-state index in [0.29, 0.717) is 6.42 Å². The molecule has 0 amide bonds. The average molecular weight is 275 g/mol. The number of rotatable bonds is 1. The van der Waals surface area contributed by atoms with Crippen LogP contribution in [0.1, 0.15) is 6.42 Å². The van der Waals surface area contributed by atoms with Crippen LogP contribution in [-0.2, 0) is 4.74 Å². The molecule has 1 fully saturated rings. The van der Waals surface area contributed by atoms with Gasteiger partial charge in [0.05, 0.1) is 0 Å². The van der Waals surface area contributed by atoms with Crippen molar-refractivity contribution in [2.45, 2.75) is 26.9 Å². The van der Waals surface area contributed by atoms with E-state index in [4.69, 9.17) is 9.84 Å². The van der Waals surface area contributed by atoms with Crippen molar-refractivity contribution in [3.05, 3.63) is 0 Å². The van der Waals surface area contributed by atoms with E-state index in [-0.39, 0.29) is 6.10 Å². The Labute approximate surface area is 75.4 Å². The van der Waals surface area contributed by atoms with Crippen molar-refractivity contribution in [1.29, 1.82) is 0 Å². The van der Waals surface area contributed by atoms with Crippen LogP contribution in [0.15, 0.2) is 0 Å². The molecule has 0 aliphatic carbocycles. The van der Waals surface area contributed by atoms with E-state index in [1.165, 1.54) is 7.11 Å². The Morgan fingerprint density at radius 3 is 2.45 bits per heavy atom. The van der Waals surface area contributed by atoms with E-state index in [9.17, 15) is 10.2 Å². The molecule has 0 saturated carbocycles. The summed E-state index contributed by atoms with van der Waals surface area (Å²) in [4.78, 5) is 0. The Bertz CT molecular complexity index is 132. The van der Waals surface area contributed by atoms with Crippen LogP contribution in [0.2, 0.25) is 0 Å². The molecule has 1 unspecified atom stereocenters. The Balaban J connectivity index is 2.48. The van der Waals surface area contributed by atoms with Gasteiger partial charge in [-0.25, -0.2) is 0 Å². The van der Waals surface area contributed by atoms with Gasteiger partial charge in [0.25, 0.3) is 0 Å². The standard InChI is InChI=1S/C6H12IO4/c1-11-4-2-3(8)5(9)7-6(4)10/h3-6,8-10H,2H2,1H3/q-1/t3-,4+,5-,6?/m0/s1. The summed E-state index contributed by atoms with van der Waals surface area (Å²) < 4.78 is 3.69. The van der Waals surface area contributed by atoms with E-state index in [1.807, 2.05) is 0 Å². The quantitative estimate of drug-likeness (QED) is 0.333. The number of methoxy groups -OCH3 is 1. The fourth-order valence-corrected chi connectivity index (χ4v) is 3.55. The van der Waals surface area contributed by atoms with Crippen LogP contribution >= 0.6 is 0 Å². The Hall–Kier alpha value is 0.570. The Morgan fingerprint density at radius 2 is 1.91 bits per heavy atom. The molecule has 4 nitrogen and oxygen atoms in total. The van der Waals surface area contributed by atoms with Gasteiger partial charge < -0.3 is 0 Å². The van der Waals surface area contributed by atoms with Crippen molar-refractivity contribution in [1.82, 2.24) is 0 Å². The summed E-state index contributed by atoms with van der Waals surface area (Å²) in [6.45, 7) is 0. The summed E-state index contributed by atoms with van der Waals surface area (Å²) in [5, 5.41) is 27.6. The van der Waals surface area contributed by atoms with E-state index < -0.39 is 35.5 Å². The van der Waals surface area contributed by atoms with E-state index in [0.717, 1.165) is 0 Å². The van der Waals surface area contributed by atoms with Crippen molar-refractivity contribution < 1.29 is 41.3 Å². The SMILES string of the molecule is CO[C@@H]1C[C@H](O)[C@H](O)[I-]C1O. The van der Waals surface area contributed by atoms with Crippen LogP contribution < -0.4 is 21.2 Å². The van der Waals surface area contributed by atoms with Crippen LogP contribution in [0.4, 0.5) is 0 Å². The maximum absolute atomic E-state index is 9.31. The molecule has 11 heavy (non-hydrogen) atoms. The molecule has 0 spiro atoms. The first-order valence-electron chi connectivity index (χ1n) is 3.34. The van der Waals surface area contributed by atoms with Gasteiger partial charge in [0.15, 0.2) is 0 Å². The van der Waals surface area contributed by atoms with Crippen molar-refractivity contribution in [2.75, 3.05) is 7.11 Å². The summed E-state index contributed by atoms with van der Waals surface area (Å²) in [6, 6.07) is 0. The van der Waals surface area contributed by atoms with Crippen molar-refractivity contribution in [2.24, 2.45) is 0 Å². The molecule has 4 atom stereocenters. The number of hydrogen-bond acceptors (Lipinski definition) is 4. The number of hydrogen-bond donors (Lipinski definition) is 3. The van der Waals surface area contributed by atoms with Gasteiger partial charge in [-0.05, 0) is 0 Å². The number of halogens is 1. The van der Waals surface area contributed by atoms with Crippen molar-refractivity contribution in [3.63, 3.8) is 0 Å². The zero-order valence-corrected chi connectivity index (χ0v) is 8.30. The minimum atomic E-state index is -0.762. The van der Waals surface area contributed by atoms with Crippen LogP contribution in [0, 0.1) is 0 Å². The van der Waals surface area contributed by atoms with Crippen molar-refractivity contribution >= 4 is 0 Å². The minimum absolute atomic E-state index is 0.291. The van der Waals surface area contributed by atoms with E-state index in [2.05, 4.69) is 0 Å². The predicted molar refractivity (Wildman–Crippen MR) is 33.4 cm³/mol. The van der Waals surface area contributed by atoms with Gasteiger partial charge in [0.2, 0.25) is 0 Å². The average Bonchev–Trinajstić information content (AvgIpc) is 1.97. The molecule has 1 heterocycles.